The standard InChI is InChI=1S/C24H21F3N2O/c1-15-22(18-10-3-5-12-20(18)28-15)23(19-11-4-6-13-21(19)30-2)29-17-9-7-8-16(14-17)24(25,26)27/h3-14,23,28-29H,1-2H3/t23-/m1/s1. The van der Waals surface area contributed by atoms with E-state index in [0.717, 1.165) is 39.9 Å². The van der Waals surface area contributed by atoms with Crippen molar-refractivity contribution < 1.29 is 17.9 Å². The second-order valence-corrected chi connectivity index (χ2v) is 7.11. The number of ether oxygens (including phenoxy) is 1. The second-order valence-electron chi connectivity index (χ2n) is 7.11. The number of methoxy groups -OCH3 is 1. The summed E-state index contributed by atoms with van der Waals surface area (Å²) in [5, 5.41) is 4.32. The average Bonchev–Trinajstić information content (AvgIpc) is 3.07. The molecule has 1 atom stereocenters. The molecule has 0 spiro atoms. The normalized spacial score (nSPS) is 12.7. The lowest BCUT2D eigenvalue weighted by Gasteiger charge is -2.24. The number of para-hydroxylation sites is 2. The topological polar surface area (TPSA) is 37.0 Å². The highest BCUT2D eigenvalue weighted by Crippen LogP contribution is 2.39. The van der Waals surface area contributed by atoms with Crippen LogP contribution in [0.3, 0.4) is 0 Å². The molecule has 0 unspecified atom stereocenters. The molecule has 30 heavy (non-hydrogen) atoms. The molecule has 1 heterocycles. The molecule has 3 aromatic carbocycles. The SMILES string of the molecule is COc1ccccc1[C@@H](Nc1cccc(C(F)(F)F)c1)c1c(C)[nH]c2ccccc12. The number of anilines is 1. The minimum atomic E-state index is -4.41. The molecule has 1 aromatic heterocycles. The molecule has 0 radical (unpaired) electrons. The van der Waals surface area contributed by atoms with E-state index in [1.165, 1.54) is 6.07 Å². The number of halogens is 3. The second kappa shape index (κ2) is 7.78. The third-order valence-electron chi connectivity index (χ3n) is 5.18. The van der Waals surface area contributed by atoms with E-state index < -0.39 is 17.8 Å². The maximum atomic E-state index is 13.2. The van der Waals surface area contributed by atoms with Gasteiger partial charge in [0.2, 0.25) is 0 Å². The lowest BCUT2D eigenvalue weighted by molar-refractivity contribution is -0.137. The van der Waals surface area contributed by atoms with Crippen LogP contribution in [0.4, 0.5) is 18.9 Å². The number of aromatic amines is 1. The lowest BCUT2D eigenvalue weighted by atomic mass is 9.94. The van der Waals surface area contributed by atoms with Gasteiger partial charge in [0.05, 0.1) is 18.7 Å². The molecule has 0 aliphatic rings. The summed E-state index contributed by atoms with van der Waals surface area (Å²) in [5.41, 5.74) is 3.40. The van der Waals surface area contributed by atoms with E-state index in [1.54, 1.807) is 13.2 Å². The molecular formula is C24H21F3N2O. The predicted octanol–water partition coefficient (Wildman–Crippen LogP) is 6.71. The van der Waals surface area contributed by atoms with Crippen molar-refractivity contribution in [3.05, 3.63) is 95.2 Å². The minimum Gasteiger partial charge on any atom is -0.496 e. The molecule has 4 aromatic rings. The van der Waals surface area contributed by atoms with Gasteiger partial charge in [-0.25, -0.2) is 0 Å². The van der Waals surface area contributed by atoms with Crippen molar-refractivity contribution in [2.75, 3.05) is 12.4 Å². The molecular weight excluding hydrogens is 389 g/mol. The van der Waals surface area contributed by atoms with Gasteiger partial charge >= 0.3 is 6.18 Å². The van der Waals surface area contributed by atoms with Gasteiger partial charge in [0.1, 0.15) is 5.75 Å². The molecule has 0 saturated heterocycles. The monoisotopic (exact) mass is 410 g/mol. The zero-order chi connectivity index (χ0) is 21.3. The summed E-state index contributed by atoms with van der Waals surface area (Å²) >= 11 is 0. The van der Waals surface area contributed by atoms with Crippen molar-refractivity contribution in [2.45, 2.75) is 19.1 Å². The van der Waals surface area contributed by atoms with Gasteiger partial charge in [0, 0.05) is 33.4 Å². The number of fused-ring (bicyclic) bond motifs is 1. The van der Waals surface area contributed by atoms with Gasteiger partial charge in [0.15, 0.2) is 0 Å². The van der Waals surface area contributed by atoms with Gasteiger partial charge in [-0.2, -0.15) is 13.2 Å². The Labute approximate surface area is 172 Å². The highest BCUT2D eigenvalue weighted by atomic mass is 19.4. The van der Waals surface area contributed by atoms with Crippen LogP contribution in [0, 0.1) is 6.92 Å². The molecule has 0 bridgehead atoms. The van der Waals surface area contributed by atoms with Crippen molar-refractivity contribution in [3.8, 4) is 5.75 Å². The first kappa shape index (κ1) is 19.9. The Kier molecular flexibility index (Phi) is 5.16. The van der Waals surface area contributed by atoms with E-state index >= 15 is 0 Å². The van der Waals surface area contributed by atoms with E-state index in [4.69, 9.17) is 4.74 Å². The number of hydrogen-bond donors (Lipinski definition) is 2. The van der Waals surface area contributed by atoms with Crippen LogP contribution in [0.1, 0.15) is 28.4 Å². The molecule has 154 valence electrons. The van der Waals surface area contributed by atoms with Crippen molar-refractivity contribution in [1.29, 1.82) is 0 Å². The van der Waals surface area contributed by atoms with Crippen molar-refractivity contribution in [3.63, 3.8) is 0 Å². The number of alkyl halides is 3. The van der Waals surface area contributed by atoms with Gasteiger partial charge in [-0.05, 0) is 37.3 Å². The Morgan fingerprint density at radius 3 is 2.43 bits per heavy atom. The third-order valence-corrected chi connectivity index (χ3v) is 5.18. The molecule has 0 fully saturated rings. The Morgan fingerprint density at radius 1 is 0.933 bits per heavy atom. The Hall–Kier alpha value is -3.41. The summed E-state index contributed by atoms with van der Waals surface area (Å²) in [7, 11) is 1.59. The summed E-state index contributed by atoms with van der Waals surface area (Å²) in [6.07, 6.45) is -4.41. The van der Waals surface area contributed by atoms with Crippen LogP contribution in [0.15, 0.2) is 72.8 Å². The summed E-state index contributed by atoms with van der Waals surface area (Å²) in [5.74, 6) is 0.659. The predicted molar refractivity (Wildman–Crippen MR) is 113 cm³/mol. The highest BCUT2D eigenvalue weighted by Gasteiger charge is 2.31. The first-order valence-corrected chi connectivity index (χ1v) is 9.52. The van der Waals surface area contributed by atoms with Gasteiger partial charge < -0.3 is 15.0 Å². The molecule has 0 amide bonds. The van der Waals surface area contributed by atoms with E-state index in [0.29, 0.717) is 11.4 Å². The van der Waals surface area contributed by atoms with Crippen LogP contribution in [0.25, 0.3) is 10.9 Å². The van der Waals surface area contributed by atoms with E-state index in [9.17, 15) is 13.2 Å². The Bertz CT molecular complexity index is 1180. The van der Waals surface area contributed by atoms with Gasteiger partial charge in [0.25, 0.3) is 0 Å². The number of hydrogen-bond acceptors (Lipinski definition) is 2. The fraction of sp³-hybridized carbons (Fsp3) is 0.167. The minimum absolute atomic E-state index is 0.380. The average molecular weight is 410 g/mol. The Morgan fingerprint density at radius 2 is 1.67 bits per heavy atom. The molecule has 6 heteroatoms. The first-order chi connectivity index (χ1) is 14.4. The maximum absolute atomic E-state index is 13.2. The fourth-order valence-electron chi connectivity index (χ4n) is 3.83. The number of aryl methyl sites for hydroxylation is 1. The van der Waals surface area contributed by atoms with Gasteiger partial charge in [-0.15, -0.1) is 0 Å². The number of nitrogens with one attached hydrogen (secondary N) is 2. The van der Waals surface area contributed by atoms with Crippen LogP contribution >= 0.6 is 0 Å². The van der Waals surface area contributed by atoms with Crippen molar-refractivity contribution >= 4 is 16.6 Å². The first-order valence-electron chi connectivity index (χ1n) is 9.52. The van der Waals surface area contributed by atoms with E-state index in [2.05, 4.69) is 10.3 Å². The third kappa shape index (κ3) is 3.73. The largest absolute Gasteiger partial charge is 0.496 e. The maximum Gasteiger partial charge on any atom is 0.416 e. The summed E-state index contributed by atoms with van der Waals surface area (Å²) in [4.78, 5) is 3.38. The smallest absolute Gasteiger partial charge is 0.416 e. The molecule has 2 N–H and O–H groups in total. The van der Waals surface area contributed by atoms with Crippen molar-refractivity contribution in [2.24, 2.45) is 0 Å². The zero-order valence-electron chi connectivity index (χ0n) is 16.5. The zero-order valence-corrected chi connectivity index (χ0v) is 16.5. The van der Waals surface area contributed by atoms with E-state index in [-0.39, 0.29) is 0 Å². The quantitative estimate of drug-likeness (QED) is 0.384. The highest BCUT2D eigenvalue weighted by molar-refractivity contribution is 5.86. The van der Waals surface area contributed by atoms with Crippen LogP contribution in [0.5, 0.6) is 5.75 Å². The summed E-state index contributed by atoms with van der Waals surface area (Å²) < 4.78 is 45.3. The number of H-pyrrole nitrogens is 1. The molecule has 0 saturated carbocycles. The lowest BCUT2D eigenvalue weighted by Crippen LogP contribution is -2.15. The molecule has 4 rings (SSSR count). The van der Waals surface area contributed by atoms with Crippen LogP contribution in [-0.2, 0) is 6.18 Å². The van der Waals surface area contributed by atoms with Crippen LogP contribution < -0.4 is 10.1 Å². The van der Waals surface area contributed by atoms with Gasteiger partial charge in [-0.1, -0.05) is 42.5 Å². The number of aromatic nitrogens is 1. The molecule has 0 aliphatic heterocycles. The Balaban J connectivity index is 1.88. The molecule has 0 aliphatic carbocycles. The van der Waals surface area contributed by atoms with Crippen LogP contribution in [-0.4, -0.2) is 12.1 Å². The van der Waals surface area contributed by atoms with E-state index in [1.807, 2.05) is 55.5 Å². The summed E-state index contributed by atoms with van der Waals surface area (Å²) in [6, 6.07) is 20.2. The van der Waals surface area contributed by atoms with Crippen LogP contribution in [0.2, 0.25) is 0 Å². The fourth-order valence-corrected chi connectivity index (χ4v) is 3.83. The summed E-state index contributed by atoms with van der Waals surface area (Å²) in [6.45, 7) is 1.96. The number of rotatable bonds is 5. The molecule has 3 nitrogen and oxygen atoms in total. The van der Waals surface area contributed by atoms with Gasteiger partial charge in [-0.3, -0.25) is 0 Å². The number of benzene rings is 3. The van der Waals surface area contributed by atoms with Crippen molar-refractivity contribution in [1.82, 2.24) is 4.98 Å².